The molecular formula is C21H25N3. The zero-order valence-electron chi connectivity index (χ0n) is 14.7. The van der Waals surface area contributed by atoms with E-state index in [2.05, 4.69) is 73.9 Å². The zero-order chi connectivity index (χ0) is 17.1. The maximum Gasteiger partial charge on any atom is 0.133 e. The van der Waals surface area contributed by atoms with E-state index >= 15 is 0 Å². The fraction of sp³-hybridized carbons (Fsp3) is 0.286. The van der Waals surface area contributed by atoms with Crippen LogP contribution in [0.4, 0.5) is 0 Å². The Kier molecular flexibility index (Phi) is 4.81. The van der Waals surface area contributed by atoms with E-state index in [9.17, 15) is 0 Å². The molecule has 0 saturated carbocycles. The van der Waals surface area contributed by atoms with Crippen molar-refractivity contribution in [3.8, 4) is 0 Å². The van der Waals surface area contributed by atoms with Crippen LogP contribution < -0.4 is 5.73 Å². The molecule has 2 aromatic carbocycles. The van der Waals surface area contributed by atoms with E-state index in [0.717, 1.165) is 24.3 Å². The molecule has 1 heterocycles. The summed E-state index contributed by atoms with van der Waals surface area (Å²) in [6.07, 6.45) is 5.18. The van der Waals surface area contributed by atoms with Crippen molar-refractivity contribution >= 4 is 23.2 Å². The van der Waals surface area contributed by atoms with E-state index in [1.807, 2.05) is 0 Å². The Hall–Kier alpha value is -2.39. The molecule has 3 rings (SSSR count). The van der Waals surface area contributed by atoms with E-state index in [1.165, 1.54) is 27.8 Å². The molecule has 0 aliphatic rings. The SMILES string of the molecule is Cc1ccc(/C=C/c2nc3cc(C)c(C)cc3n2CCCN)cc1. The first-order valence-electron chi connectivity index (χ1n) is 8.51. The quantitative estimate of drug-likeness (QED) is 0.753. The maximum absolute atomic E-state index is 5.72. The van der Waals surface area contributed by atoms with Gasteiger partial charge in [-0.1, -0.05) is 35.9 Å². The molecule has 0 unspecified atom stereocenters. The van der Waals surface area contributed by atoms with E-state index < -0.39 is 0 Å². The summed E-state index contributed by atoms with van der Waals surface area (Å²) in [7, 11) is 0. The Morgan fingerprint density at radius 1 is 1.00 bits per heavy atom. The lowest BCUT2D eigenvalue weighted by atomic mass is 10.1. The average Bonchev–Trinajstić information content (AvgIpc) is 2.89. The van der Waals surface area contributed by atoms with Crippen LogP contribution >= 0.6 is 0 Å². The molecule has 124 valence electrons. The first-order chi connectivity index (χ1) is 11.6. The third-order valence-corrected chi connectivity index (χ3v) is 4.48. The molecule has 0 aliphatic carbocycles. The van der Waals surface area contributed by atoms with Crippen LogP contribution in [0.2, 0.25) is 0 Å². The highest BCUT2D eigenvalue weighted by molar-refractivity contribution is 5.81. The van der Waals surface area contributed by atoms with Crippen LogP contribution in [0, 0.1) is 20.8 Å². The number of rotatable bonds is 5. The highest BCUT2D eigenvalue weighted by Gasteiger charge is 2.10. The highest BCUT2D eigenvalue weighted by atomic mass is 15.1. The molecule has 3 nitrogen and oxygen atoms in total. The summed E-state index contributed by atoms with van der Waals surface area (Å²) in [6, 6.07) is 12.9. The van der Waals surface area contributed by atoms with Crippen LogP contribution in [0.15, 0.2) is 36.4 Å². The monoisotopic (exact) mass is 319 g/mol. The number of fused-ring (bicyclic) bond motifs is 1. The van der Waals surface area contributed by atoms with Crippen LogP contribution in [-0.2, 0) is 6.54 Å². The van der Waals surface area contributed by atoms with Gasteiger partial charge in [0.25, 0.3) is 0 Å². The van der Waals surface area contributed by atoms with Crippen LogP contribution in [0.1, 0.15) is 34.5 Å². The Morgan fingerprint density at radius 3 is 2.42 bits per heavy atom. The lowest BCUT2D eigenvalue weighted by Crippen LogP contribution is -2.07. The van der Waals surface area contributed by atoms with Crippen molar-refractivity contribution < 1.29 is 0 Å². The van der Waals surface area contributed by atoms with Gasteiger partial charge in [-0.05, 0) is 68.6 Å². The second-order valence-electron chi connectivity index (χ2n) is 6.43. The standard InChI is InChI=1S/C21H25N3/c1-15-5-7-18(8-6-15)9-10-21-23-19-13-16(2)17(3)14-20(19)24(21)12-4-11-22/h5-10,13-14H,4,11-12,22H2,1-3H3/b10-9+. The normalized spacial score (nSPS) is 11.7. The number of nitrogens with two attached hydrogens (primary N) is 1. The molecule has 0 atom stereocenters. The van der Waals surface area contributed by atoms with Crippen molar-refractivity contribution in [2.24, 2.45) is 5.73 Å². The van der Waals surface area contributed by atoms with E-state index in [0.29, 0.717) is 6.54 Å². The number of nitrogens with zero attached hydrogens (tertiary/aromatic N) is 2. The average molecular weight is 319 g/mol. The molecule has 24 heavy (non-hydrogen) atoms. The van der Waals surface area contributed by atoms with Crippen molar-refractivity contribution in [1.29, 1.82) is 0 Å². The van der Waals surface area contributed by atoms with Gasteiger partial charge in [0.15, 0.2) is 0 Å². The third-order valence-electron chi connectivity index (χ3n) is 4.48. The molecule has 0 fully saturated rings. The minimum atomic E-state index is 0.686. The van der Waals surface area contributed by atoms with E-state index in [4.69, 9.17) is 10.7 Å². The molecule has 0 radical (unpaired) electrons. The van der Waals surface area contributed by atoms with Gasteiger partial charge in [0.2, 0.25) is 0 Å². The first-order valence-corrected chi connectivity index (χ1v) is 8.51. The summed E-state index contributed by atoms with van der Waals surface area (Å²) in [4.78, 5) is 4.84. The summed E-state index contributed by atoms with van der Waals surface area (Å²) in [6.45, 7) is 7.96. The Labute approximate surface area is 143 Å². The number of imidazole rings is 1. The Bertz CT molecular complexity index is 870. The van der Waals surface area contributed by atoms with Gasteiger partial charge in [-0.15, -0.1) is 0 Å². The third kappa shape index (κ3) is 3.41. The Balaban J connectivity index is 2.03. The van der Waals surface area contributed by atoms with Gasteiger partial charge in [0.1, 0.15) is 5.82 Å². The first kappa shape index (κ1) is 16.5. The minimum Gasteiger partial charge on any atom is -0.330 e. The van der Waals surface area contributed by atoms with Gasteiger partial charge >= 0.3 is 0 Å². The molecule has 0 bridgehead atoms. The lowest BCUT2D eigenvalue weighted by molar-refractivity contribution is 0.661. The molecule has 3 aromatic rings. The predicted octanol–water partition coefficient (Wildman–Crippen LogP) is 4.48. The van der Waals surface area contributed by atoms with Crippen LogP contribution in [0.3, 0.4) is 0 Å². The van der Waals surface area contributed by atoms with Gasteiger partial charge in [-0.25, -0.2) is 4.98 Å². The predicted molar refractivity (Wildman–Crippen MR) is 103 cm³/mol. The van der Waals surface area contributed by atoms with Crippen LogP contribution in [-0.4, -0.2) is 16.1 Å². The van der Waals surface area contributed by atoms with Crippen molar-refractivity contribution in [2.45, 2.75) is 33.7 Å². The smallest absolute Gasteiger partial charge is 0.133 e. The van der Waals surface area contributed by atoms with Crippen LogP contribution in [0.5, 0.6) is 0 Å². The summed E-state index contributed by atoms with van der Waals surface area (Å²) in [5.41, 5.74) is 13.0. The van der Waals surface area contributed by atoms with Gasteiger partial charge in [0, 0.05) is 6.54 Å². The minimum absolute atomic E-state index is 0.686. The lowest BCUT2D eigenvalue weighted by Gasteiger charge is -2.07. The number of aromatic nitrogens is 2. The topological polar surface area (TPSA) is 43.8 Å². The molecule has 0 spiro atoms. The van der Waals surface area contributed by atoms with Crippen LogP contribution in [0.25, 0.3) is 23.2 Å². The number of hydrogen-bond donors (Lipinski definition) is 1. The van der Waals surface area contributed by atoms with Gasteiger partial charge in [-0.3, -0.25) is 0 Å². The number of aryl methyl sites for hydroxylation is 4. The van der Waals surface area contributed by atoms with E-state index in [-0.39, 0.29) is 0 Å². The number of benzene rings is 2. The van der Waals surface area contributed by atoms with Crippen molar-refractivity contribution in [2.75, 3.05) is 6.54 Å². The largest absolute Gasteiger partial charge is 0.330 e. The second kappa shape index (κ2) is 7.02. The van der Waals surface area contributed by atoms with Crippen molar-refractivity contribution in [1.82, 2.24) is 9.55 Å². The highest BCUT2D eigenvalue weighted by Crippen LogP contribution is 2.22. The molecular weight excluding hydrogens is 294 g/mol. The fourth-order valence-corrected chi connectivity index (χ4v) is 2.86. The molecule has 0 saturated heterocycles. The molecule has 2 N–H and O–H groups in total. The van der Waals surface area contributed by atoms with Crippen molar-refractivity contribution in [3.05, 3.63) is 64.5 Å². The van der Waals surface area contributed by atoms with Gasteiger partial charge in [-0.2, -0.15) is 0 Å². The fourth-order valence-electron chi connectivity index (χ4n) is 2.86. The Morgan fingerprint density at radius 2 is 1.71 bits per heavy atom. The van der Waals surface area contributed by atoms with Gasteiger partial charge < -0.3 is 10.3 Å². The van der Waals surface area contributed by atoms with Crippen molar-refractivity contribution in [3.63, 3.8) is 0 Å². The number of hydrogen-bond acceptors (Lipinski definition) is 2. The van der Waals surface area contributed by atoms with E-state index in [1.54, 1.807) is 0 Å². The molecule has 0 aliphatic heterocycles. The summed E-state index contributed by atoms with van der Waals surface area (Å²) in [5.74, 6) is 0.990. The van der Waals surface area contributed by atoms with Gasteiger partial charge in [0.05, 0.1) is 11.0 Å². The maximum atomic E-state index is 5.72. The molecule has 3 heteroatoms. The second-order valence-corrected chi connectivity index (χ2v) is 6.43. The zero-order valence-corrected chi connectivity index (χ0v) is 14.7. The molecule has 1 aromatic heterocycles. The summed E-state index contributed by atoms with van der Waals surface area (Å²) < 4.78 is 2.28. The molecule has 0 amide bonds. The summed E-state index contributed by atoms with van der Waals surface area (Å²) in [5, 5.41) is 0. The summed E-state index contributed by atoms with van der Waals surface area (Å²) >= 11 is 0.